The van der Waals surface area contributed by atoms with Crippen LogP contribution in [-0.2, 0) is 12.8 Å². The molecule has 1 aliphatic rings. The fourth-order valence-electron chi connectivity index (χ4n) is 3.75. The van der Waals surface area contributed by atoms with Crippen LogP contribution in [0.5, 0.6) is 0 Å². The summed E-state index contributed by atoms with van der Waals surface area (Å²) in [4.78, 5) is 2.57. The number of hydrogen-bond acceptors (Lipinski definition) is 2. The van der Waals surface area contributed by atoms with Crippen molar-refractivity contribution in [1.29, 1.82) is 0 Å². The lowest BCUT2D eigenvalue weighted by molar-refractivity contribution is 0.321. The average molecular weight is 363 g/mol. The molecule has 0 fully saturated rings. The Morgan fingerprint density at radius 1 is 1.00 bits per heavy atom. The van der Waals surface area contributed by atoms with E-state index < -0.39 is 0 Å². The van der Waals surface area contributed by atoms with Gasteiger partial charge in [-0.15, -0.1) is 0 Å². The van der Waals surface area contributed by atoms with Gasteiger partial charge in [-0.25, -0.2) is 0 Å². The van der Waals surface area contributed by atoms with Crippen molar-refractivity contribution < 1.29 is 0 Å². The molecular weight excluding hydrogens is 336 g/mol. The number of thioether (sulfide) groups is 1. The molecule has 0 bridgehead atoms. The summed E-state index contributed by atoms with van der Waals surface area (Å²) in [5, 5.41) is 1.40. The summed E-state index contributed by atoms with van der Waals surface area (Å²) < 4.78 is 2.24. The first kappa shape index (κ1) is 17.4. The standard InChI is InChI=1S/C23H26N2S/c1-24-17-21(22-9-5-6-10-23(22)24)18-26-16-15-25-13-11-20(12-14-25)19-7-3-2-4-8-19/h2-11,17H,12-16,18H2,1H3. The Labute approximate surface area is 160 Å². The van der Waals surface area contributed by atoms with Crippen molar-refractivity contribution in [3.8, 4) is 0 Å². The van der Waals surface area contributed by atoms with Gasteiger partial charge >= 0.3 is 0 Å². The fraction of sp³-hybridized carbons (Fsp3) is 0.304. The number of benzene rings is 2. The molecule has 134 valence electrons. The summed E-state index contributed by atoms with van der Waals surface area (Å²) in [7, 11) is 2.14. The van der Waals surface area contributed by atoms with Crippen molar-refractivity contribution in [2.45, 2.75) is 12.2 Å². The van der Waals surface area contributed by atoms with E-state index in [9.17, 15) is 0 Å². The number of nitrogens with zero attached hydrogens (tertiary/aromatic N) is 2. The summed E-state index contributed by atoms with van der Waals surface area (Å²) in [6, 6.07) is 19.5. The first-order valence-electron chi connectivity index (χ1n) is 9.39. The maximum atomic E-state index is 2.57. The van der Waals surface area contributed by atoms with Crippen LogP contribution in [0.15, 0.2) is 66.9 Å². The topological polar surface area (TPSA) is 8.17 Å². The minimum atomic E-state index is 1.08. The van der Waals surface area contributed by atoms with Crippen LogP contribution in [-0.4, -0.2) is 34.9 Å². The van der Waals surface area contributed by atoms with Gasteiger partial charge in [0.05, 0.1) is 0 Å². The summed E-state index contributed by atoms with van der Waals surface area (Å²) in [6.45, 7) is 3.43. The average Bonchev–Trinajstić information content (AvgIpc) is 3.03. The number of aryl methyl sites for hydroxylation is 1. The van der Waals surface area contributed by atoms with Crippen molar-refractivity contribution in [2.75, 3.05) is 25.4 Å². The van der Waals surface area contributed by atoms with Gasteiger partial charge in [-0.1, -0.05) is 54.6 Å². The maximum absolute atomic E-state index is 2.57. The molecule has 3 aromatic rings. The van der Waals surface area contributed by atoms with Crippen LogP contribution in [0.2, 0.25) is 0 Å². The van der Waals surface area contributed by atoms with E-state index in [1.165, 1.54) is 46.4 Å². The maximum Gasteiger partial charge on any atom is 0.0480 e. The van der Waals surface area contributed by atoms with Gasteiger partial charge in [0.15, 0.2) is 0 Å². The highest BCUT2D eigenvalue weighted by Crippen LogP contribution is 2.25. The second-order valence-electron chi connectivity index (χ2n) is 6.98. The Morgan fingerprint density at radius 2 is 1.81 bits per heavy atom. The lowest BCUT2D eigenvalue weighted by Gasteiger charge is -2.26. The monoisotopic (exact) mass is 362 g/mol. The van der Waals surface area contributed by atoms with Crippen LogP contribution in [0.3, 0.4) is 0 Å². The van der Waals surface area contributed by atoms with E-state index in [-0.39, 0.29) is 0 Å². The number of para-hydroxylation sites is 1. The van der Waals surface area contributed by atoms with E-state index in [4.69, 9.17) is 0 Å². The molecule has 0 N–H and O–H groups in total. The third-order valence-corrected chi connectivity index (χ3v) is 6.21. The molecule has 2 aromatic carbocycles. The predicted molar refractivity (Wildman–Crippen MR) is 115 cm³/mol. The van der Waals surface area contributed by atoms with Crippen molar-refractivity contribution in [3.63, 3.8) is 0 Å². The minimum absolute atomic E-state index is 1.08. The molecule has 0 radical (unpaired) electrons. The number of rotatable bonds is 6. The quantitative estimate of drug-likeness (QED) is 0.557. The molecule has 4 rings (SSSR count). The second-order valence-corrected chi connectivity index (χ2v) is 8.09. The van der Waals surface area contributed by atoms with Gasteiger partial charge in [-0.2, -0.15) is 11.8 Å². The molecule has 0 aliphatic carbocycles. The molecule has 0 amide bonds. The smallest absolute Gasteiger partial charge is 0.0480 e. The summed E-state index contributed by atoms with van der Waals surface area (Å²) in [6.07, 6.45) is 5.86. The van der Waals surface area contributed by atoms with Crippen LogP contribution in [0.25, 0.3) is 16.5 Å². The third-order valence-electron chi connectivity index (χ3n) is 5.23. The van der Waals surface area contributed by atoms with Gasteiger partial charge in [-0.3, -0.25) is 4.90 Å². The molecule has 0 saturated carbocycles. The van der Waals surface area contributed by atoms with Crippen molar-refractivity contribution in [1.82, 2.24) is 9.47 Å². The van der Waals surface area contributed by atoms with Crippen molar-refractivity contribution in [2.24, 2.45) is 7.05 Å². The fourth-order valence-corrected chi connectivity index (χ4v) is 4.73. The normalized spacial score (nSPS) is 15.3. The lowest BCUT2D eigenvalue weighted by atomic mass is 10.00. The summed E-state index contributed by atoms with van der Waals surface area (Å²) in [5.41, 5.74) is 5.68. The van der Waals surface area contributed by atoms with Crippen molar-refractivity contribution in [3.05, 3.63) is 78.0 Å². The summed E-state index contributed by atoms with van der Waals surface area (Å²) >= 11 is 2.05. The van der Waals surface area contributed by atoms with Crippen LogP contribution in [0.1, 0.15) is 17.5 Å². The SMILES string of the molecule is Cn1cc(CSCCN2CC=C(c3ccccc3)CC2)c2ccccc21. The minimum Gasteiger partial charge on any atom is -0.350 e. The zero-order valence-corrected chi connectivity index (χ0v) is 16.2. The van der Waals surface area contributed by atoms with E-state index in [2.05, 4.69) is 83.4 Å². The molecule has 0 unspecified atom stereocenters. The van der Waals surface area contributed by atoms with E-state index in [0.717, 1.165) is 18.7 Å². The van der Waals surface area contributed by atoms with Crippen LogP contribution in [0, 0.1) is 0 Å². The van der Waals surface area contributed by atoms with Gasteiger partial charge in [0.1, 0.15) is 0 Å². The van der Waals surface area contributed by atoms with Crippen LogP contribution in [0.4, 0.5) is 0 Å². The molecule has 1 aromatic heterocycles. The summed E-state index contributed by atoms with van der Waals surface area (Å²) in [5.74, 6) is 2.29. The van der Waals surface area contributed by atoms with Gasteiger partial charge in [-0.05, 0) is 29.2 Å². The highest BCUT2D eigenvalue weighted by molar-refractivity contribution is 7.98. The first-order chi connectivity index (χ1) is 12.8. The van der Waals surface area contributed by atoms with Gasteiger partial charge in [0, 0.05) is 55.3 Å². The zero-order chi connectivity index (χ0) is 17.8. The van der Waals surface area contributed by atoms with Crippen LogP contribution < -0.4 is 0 Å². The zero-order valence-electron chi connectivity index (χ0n) is 15.4. The van der Waals surface area contributed by atoms with E-state index in [1.807, 2.05) is 11.8 Å². The largest absolute Gasteiger partial charge is 0.350 e. The van der Waals surface area contributed by atoms with Crippen molar-refractivity contribution >= 4 is 28.2 Å². The van der Waals surface area contributed by atoms with Gasteiger partial charge < -0.3 is 4.57 Å². The Balaban J connectivity index is 1.26. The Hall–Kier alpha value is -1.97. The lowest BCUT2D eigenvalue weighted by Crippen LogP contribution is -2.30. The Morgan fingerprint density at radius 3 is 2.62 bits per heavy atom. The molecule has 3 heteroatoms. The van der Waals surface area contributed by atoms with E-state index in [1.54, 1.807) is 0 Å². The molecule has 2 heterocycles. The Bertz CT molecular complexity index is 895. The molecule has 0 spiro atoms. The molecule has 1 aliphatic heterocycles. The van der Waals surface area contributed by atoms with E-state index >= 15 is 0 Å². The number of aromatic nitrogens is 1. The van der Waals surface area contributed by atoms with Gasteiger partial charge in [0.2, 0.25) is 0 Å². The van der Waals surface area contributed by atoms with E-state index in [0.29, 0.717) is 0 Å². The number of hydrogen-bond donors (Lipinski definition) is 0. The van der Waals surface area contributed by atoms with Crippen LogP contribution >= 0.6 is 11.8 Å². The molecular formula is C23H26N2S. The third kappa shape index (κ3) is 3.89. The highest BCUT2D eigenvalue weighted by atomic mass is 32.2. The predicted octanol–water partition coefficient (Wildman–Crippen LogP) is 5.20. The van der Waals surface area contributed by atoms with Gasteiger partial charge in [0.25, 0.3) is 0 Å². The Kier molecular flexibility index (Phi) is 5.47. The first-order valence-corrected chi connectivity index (χ1v) is 10.5. The molecule has 26 heavy (non-hydrogen) atoms. The second kappa shape index (κ2) is 8.15. The highest BCUT2D eigenvalue weighted by Gasteiger charge is 2.12. The molecule has 2 nitrogen and oxygen atoms in total. The molecule has 0 saturated heterocycles. The molecule has 0 atom stereocenters. The number of fused-ring (bicyclic) bond motifs is 1.